The first-order valence-corrected chi connectivity index (χ1v) is 6.72. The second-order valence-electron chi connectivity index (χ2n) is 4.24. The smallest absolute Gasteiger partial charge is 0.328 e. The van der Waals surface area contributed by atoms with Gasteiger partial charge in [0.2, 0.25) is 5.88 Å². The molecule has 6 heteroatoms. The first kappa shape index (κ1) is 15.4. The Kier molecular flexibility index (Phi) is 4.83. The number of ether oxygens (including phenoxy) is 1. The molecule has 4 nitrogen and oxygen atoms in total. The lowest BCUT2D eigenvalue weighted by Gasteiger charge is -2.08. The molecule has 1 heterocycles. The molecule has 108 valence electrons. The zero-order valence-corrected chi connectivity index (χ0v) is 12.5. The highest BCUT2D eigenvalue weighted by atomic mass is 35.5. The van der Waals surface area contributed by atoms with Gasteiger partial charge in [-0.2, -0.15) is 0 Å². The number of aryl methyl sites for hydroxylation is 1. The van der Waals surface area contributed by atoms with E-state index in [2.05, 4.69) is 4.98 Å². The maximum Gasteiger partial charge on any atom is 0.328 e. The van der Waals surface area contributed by atoms with E-state index in [4.69, 9.17) is 33.0 Å². The number of carbonyl (C=O) groups is 1. The minimum absolute atomic E-state index is 0.396. The molecule has 0 fully saturated rings. The number of pyridine rings is 1. The maximum absolute atomic E-state index is 10.5. The topological polar surface area (TPSA) is 59.4 Å². The lowest BCUT2D eigenvalue weighted by Crippen LogP contribution is -1.93. The van der Waals surface area contributed by atoms with Crippen molar-refractivity contribution < 1.29 is 14.6 Å². The fourth-order valence-electron chi connectivity index (χ4n) is 1.60. The summed E-state index contributed by atoms with van der Waals surface area (Å²) >= 11 is 11.8. The summed E-state index contributed by atoms with van der Waals surface area (Å²) in [4.78, 5) is 14.6. The number of hydrogen-bond donors (Lipinski definition) is 1. The summed E-state index contributed by atoms with van der Waals surface area (Å²) in [5.74, 6) is -0.0709. The second kappa shape index (κ2) is 6.61. The van der Waals surface area contributed by atoms with Crippen LogP contribution in [0.15, 0.2) is 36.5 Å². The fraction of sp³-hybridized carbons (Fsp3) is 0.0667. The van der Waals surface area contributed by atoms with Crippen LogP contribution in [0.5, 0.6) is 11.6 Å². The summed E-state index contributed by atoms with van der Waals surface area (Å²) in [5, 5.41) is 9.43. The summed E-state index contributed by atoms with van der Waals surface area (Å²) in [6.45, 7) is 1.82. The first-order valence-electron chi connectivity index (χ1n) is 5.96. The summed E-state index contributed by atoms with van der Waals surface area (Å²) in [7, 11) is 0. The standard InChI is InChI=1S/C15H11Cl2NO3/c1-9-6-10(2-5-14(19)20)8-18-15(9)21-11-3-4-12(16)13(17)7-11/h2-8H,1H3,(H,19,20)/b5-2+. The van der Waals surface area contributed by atoms with E-state index in [9.17, 15) is 4.79 Å². The van der Waals surface area contributed by atoms with Crippen LogP contribution in [0, 0.1) is 6.92 Å². The largest absolute Gasteiger partial charge is 0.478 e. The Morgan fingerprint density at radius 2 is 2.05 bits per heavy atom. The van der Waals surface area contributed by atoms with Gasteiger partial charge in [0.25, 0.3) is 0 Å². The molecule has 0 aliphatic rings. The Balaban J connectivity index is 2.21. The van der Waals surface area contributed by atoms with Gasteiger partial charge in [0.05, 0.1) is 10.0 Å². The number of aromatic nitrogens is 1. The van der Waals surface area contributed by atoms with Crippen molar-refractivity contribution in [3.63, 3.8) is 0 Å². The van der Waals surface area contributed by atoms with Gasteiger partial charge in [-0.1, -0.05) is 23.2 Å². The average molecular weight is 324 g/mol. The Labute approximate surface area is 131 Å². The zero-order chi connectivity index (χ0) is 15.4. The number of rotatable bonds is 4. The molecule has 0 unspecified atom stereocenters. The van der Waals surface area contributed by atoms with Crippen molar-refractivity contribution in [1.29, 1.82) is 0 Å². The number of carboxylic acids is 1. The number of nitrogens with zero attached hydrogens (tertiary/aromatic N) is 1. The summed E-state index contributed by atoms with van der Waals surface area (Å²) < 4.78 is 5.63. The van der Waals surface area contributed by atoms with Crippen LogP contribution in [0.4, 0.5) is 0 Å². The van der Waals surface area contributed by atoms with Crippen molar-refractivity contribution >= 4 is 35.2 Å². The van der Waals surface area contributed by atoms with E-state index in [0.29, 0.717) is 27.2 Å². The quantitative estimate of drug-likeness (QED) is 0.836. The molecule has 1 N–H and O–H groups in total. The van der Waals surface area contributed by atoms with E-state index < -0.39 is 5.97 Å². The van der Waals surface area contributed by atoms with Crippen LogP contribution in [0.3, 0.4) is 0 Å². The molecule has 0 atom stereocenters. The van der Waals surface area contributed by atoms with E-state index in [0.717, 1.165) is 11.6 Å². The number of aliphatic carboxylic acids is 1. The van der Waals surface area contributed by atoms with Gasteiger partial charge in [-0.05, 0) is 36.8 Å². The van der Waals surface area contributed by atoms with Crippen molar-refractivity contribution in [2.24, 2.45) is 0 Å². The first-order chi connectivity index (χ1) is 9.95. The van der Waals surface area contributed by atoms with E-state index in [1.165, 1.54) is 12.3 Å². The maximum atomic E-state index is 10.5. The molecular weight excluding hydrogens is 313 g/mol. The molecule has 21 heavy (non-hydrogen) atoms. The van der Waals surface area contributed by atoms with Gasteiger partial charge in [0.1, 0.15) is 5.75 Å². The molecule has 2 aromatic rings. The third-order valence-corrected chi connectivity index (χ3v) is 3.31. The van der Waals surface area contributed by atoms with Crippen LogP contribution in [0.25, 0.3) is 6.08 Å². The monoisotopic (exact) mass is 323 g/mol. The van der Waals surface area contributed by atoms with Crippen LogP contribution in [-0.2, 0) is 4.79 Å². The predicted octanol–water partition coefficient (Wildman–Crippen LogP) is 4.59. The highest BCUT2D eigenvalue weighted by Gasteiger charge is 2.06. The van der Waals surface area contributed by atoms with Crippen LogP contribution in [-0.4, -0.2) is 16.1 Å². The van der Waals surface area contributed by atoms with Crippen LogP contribution >= 0.6 is 23.2 Å². The molecular formula is C15H11Cl2NO3. The van der Waals surface area contributed by atoms with Crippen molar-refractivity contribution in [3.8, 4) is 11.6 Å². The Morgan fingerprint density at radius 3 is 2.67 bits per heavy atom. The molecule has 0 aliphatic heterocycles. The summed E-state index contributed by atoms with van der Waals surface area (Å²) in [6, 6.07) is 6.70. The summed E-state index contributed by atoms with van der Waals surface area (Å²) in [5.41, 5.74) is 1.45. The van der Waals surface area contributed by atoms with E-state index in [-0.39, 0.29) is 0 Å². The predicted molar refractivity (Wildman–Crippen MR) is 82.2 cm³/mol. The molecule has 2 rings (SSSR count). The molecule has 0 bridgehead atoms. The van der Waals surface area contributed by atoms with Gasteiger partial charge in [-0.3, -0.25) is 0 Å². The Hall–Kier alpha value is -2.04. The molecule has 1 aromatic carbocycles. The molecule has 0 saturated heterocycles. The highest BCUT2D eigenvalue weighted by molar-refractivity contribution is 6.42. The van der Waals surface area contributed by atoms with E-state index in [1.54, 1.807) is 24.3 Å². The van der Waals surface area contributed by atoms with Crippen LogP contribution in [0.2, 0.25) is 10.0 Å². The van der Waals surface area contributed by atoms with Crippen molar-refractivity contribution in [2.75, 3.05) is 0 Å². The molecule has 0 aliphatic carbocycles. The van der Waals surface area contributed by atoms with Gasteiger partial charge in [0, 0.05) is 23.9 Å². The van der Waals surface area contributed by atoms with Crippen LogP contribution in [0.1, 0.15) is 11.1 Å². The molecule has 0 spiro atoms. The normalized spacial score (nSPS) is 10.8. The number of halogens is 2. The zero-order valence-electron chi connectivity index (χ0n) is 11.0. The van der Waals surface area contributed by atoms with E-state index >= 15 is 0 Å². The number of hydrogen-bond acceptors (Lipinski definition) is 3. The summed E-state index contributed by atoms with van der Waals surface area (Å²) in [6.07, 6.45) is 4.04. The third-order valence-electron chi connectivity index (χ3n) is 2.58. The minimum Gasteiger partial charge on any atom is -0.478 e. The van der Waals surface area contributed by atoms with Crippen molar-refractivity contribution in [1.82, 2.24) is 4.98 Å². The number of carboxylic acid groups (broad SMARTS) is 1. The lowest BCUT2D eigenvalue weighted by molar-refractivity contribution is -0.131. The minimum atomic E-state index is -1.01. The third kappa shape index (κ3) is 4.21. The number of benzene rings is 1. The van der Waals surface area contributed by atoms with Gasteiger partial charge >= 0.3 is 5.97 Å². The SMILES string of the molecule is Cc1cc(/C=C/C(=O)O)cnc1Oc1ccc(Cl)c(Cl)c1. The molecule has 0 radical (unpaired) electrons. The average Bonchev–Trinajstić information content (AvgIpc) is 2.43. The lowest BCUT2D eigenvalue weighted by atomic mass is 10.2. The van der Waals surface area contributed by atoms with Crippen molar-refractivity contribution in [2.45, 2.75) is 6.92 Å². The van der Waals surface area contributed by atoms with Gasteiger partial charge in [0.15, 0.2) is 0 Å². The Morgan fingerprint density at radius 1 is 1.29 bits per heavy atom. The van der Waals surface area contributed by atoms with Gasteiger partial charge < -0.3 is 9.84 Å². The highest BCUT2D eigenvalue weighted by Crippen LogP contribution is 2.30. The van der Waals surface area contributed by atoms with Crippen LogP contribution < -0.4 is 4.74 Å². The second-order valence-corrected chi connectivity index (χ2v) is 5.05. The van der Waals surface area contributed by atoms with E-state index in [1.807, 2.05) is 6.92 Å². The van der Waals surface area contributed by atoms with Crippen molar-refractivity contribution in [3.05, 3.63) is 57.7 Å². The van der Waals surface area contributed by atoms with Gasteiger partial charge in [-0.15, -0.1) is 0 Å². The molecule has 1 aromatic heterocycles. The molecule has 0 amide bonds. The molecule has 0 saturated carbocycles. The Bertz CT molecular complexity index is 714. The fourth-order valence-corrected chi connectivity index (χ4v) is 1.89. The van der Waals surface area contributed by atoms with Gasteiger partial charge in [-0.25, -0.2) is 9.78 Å².